The third kappa shape index (κ3) is 2.77. The molecule has 4 N–H and O–H groups in total. The first-order valence-corrected chi connectivity index (χ1v) is 6.69. The van der Waals surface area contributed by atoms with Crippen molar-refractivity contribution in [2.45, 2.75) is 26.7 Å². The van der Waals surface area contributed by atoms with Gasteiger partial charge in [-0.3, -0.25) is 9.89 Å². The van der Waals surface area contributed by atoms with Crippen LogP contribution in [-0.2, 0) is 0 Å². The Morgan fingerprint density at radius 1 is 1.45 bits per heavy atom. The van der Waals surface area contributed by atoms with Crippen LogP contribution in [0, 0.1) is 6.92 Å². The number of aromatic nitrogens is 2. The molecule has 0 aliphatic carbocycles. The van der Waals surface area contributed by atoms with Crippen LogP contribution in [-0.4, -0.2) is 16.1 Å². The van der Waals surface area contributed by atoms with E-state index in [-0.39, 0.29) is 17.5 Å². The number of nitrogens with one attached hydrogen (secondary N) is 2. The van der Waals surface area contributed by atoms with Crippen LogP contribution in [0.15, 0.2) is 18.2 Å². The number of nitrogens with zero attached hydrogens (tertiary/aromatic N) is 1. The monoisotopic (exact) mass is 292 g/mol. The molecule has 0 atom stereocenters. The zero-order valence-electron chi connectivity index (χ0n) is 11.6. The molecular formula is C14H17ClN4O. The second-order valence-corrected chi connectivity index (χ2v) is 5.38. The zero-order valence-corrected chi connectivity index (χ0v) is 12.4. The van der Waals surface area contributed by atoms with Gasteiger partial charge in [0, 0.05) is 10.7 Å². The summed E-state index contributed by atoms with van der Waals surface area (Å²) in [4.78, 5) is 12.2. The SMILES string of the molecule is Cc1ccc(NC(=O)c2n[nH]c(C(C)C)c2N)cc1Cl. The van der Waals surface area contributed by atoms with Gasteiger partial charge in [0.2, 0.25) is 0 Å². The Labute approximate surface area is 122 Å². The van der Waals surface area contributed by atoms with Crippen LogP contribution in [0.3, 0.4) is 0 Å². The molecule has 0 saturated carbocycles. The van der Waals surface area contributed by atoms with E-state index in [1.54, 1.807) is 12.1 Å². The van der Waals surface area contributed by atoms with Crippen molar-refractivity contribution in [1.29, 1.82) is 0 Å². The van der Waals surface area contributed by atoms with E-state index < -0.39 is 0 Å². The number of hydrogen-bond acceptors (Lipinski definition) is 3. The maximum Gasteiger partial charge on any atom is 0.278 e. The van der Waals surface area contributed by atoms with E-state index in [0.29, 0.717) is 16.4 Å². The van der Waals surface area contributed by atoms with Crippen LogP contribution < -0.4 is 11.1 Å². The summed E-state index contributed by atoms with van der Waals surface area (Å²) in [6.07, 6.45) is 0. The zero-order chi connectivity index (χ0) is 14.9. The highest BCUT2D eigenvalue weighted by atomic mass is 35.5. The number of anilines is 2. The number of benzene rings is 1. The smallest absolute Gasteiger partial charge is 0.278 e. The van der Waals surface area contributed by atoms with Crippen LogP contribution in [0.25, 0.3) is 0 Å². The standard InChI is InChI=1S/C14H17ClN4O/c1-7(2)12-11(16)13(19-18-12)14(20)17-9-5-4-8(3)10(15)6-9/h4-7H,16H2,1-3H3,(H,17,20)(H,18,19). The molecule has 0 fully saturated rings. The van der Waals surface area contributed by atoms with E-state index in [4.69, 9.17) is 17.3 Å². The molecule has 0 aliphatic heterocycles. The Morgan fingerprint density at radius 2 is 2.15 bits per heavy atom. The first kappa shape index (κ1) is 14.4. The van der Waals surface area contributed by atoms with Gasteiger partial charge in [0.25, 0.3) is 5.91 Å². The molecule has 0 aliphatic rings. The van der Waals surface area contributed by atoms with Gasteiger partial charge in [-0.15, -0.1) is 0 Å². The van der Waals surface area contributed by atoms with E-state index in [1.165, 1.54) is 0 Å². The Kier molecular flexibility index (Phi) is 3.99. The number of halogens is 1. The number of nitrogen functional groups attached to an aromatic ring is 1. The molecular weight excluding hydrogens is 276 g/mol. The van der Waals surface area contributed by atoms with E-state index in [1.807, 2.05) is 26.8 Å². The van der Waals surface area contributed by atoms with Crippen molar-refractivity contribution in [3.8, 4) is 0 Å². The van der Waals surface area contributed by atoms with Gasteiger partial charge < -0.3 is 11.1 Å². The van der Waals surface area contributed by atoms with E-state index >= 15 is 0 Å². The molecule has 1 heterocycles. The molecule has 0 bridgehead atoms. The summed E-state index contributed by atoms with van der Waals surface area (Å²) < 4.78 is 0. The number of amides is 1. The molecule has 6 heteroatoms. The predicted molar refractivity (Wildman–Crippen MR) is 81.2 cm³/mol. The minimum atomic E-state index is -0.356. The number of rotatable bonds is 3. The summed E-state index contributed by atoms with van der Waals surface area (Å²) in [5.41, 5.74) is 8.84. The lowest BCUT2D eigenvalue weighted by Crippen LogP contribution is -2.14. The molecule has 0 spiro atoms. The Hall–Kier alpha value is -2.01. The van der Waals surface area contributed by atoms with Crippen molar-refractivity contribution < 1.29 is 4.79 Å². The fourth-order valence-corrected chi connectivity index (χ4v) is 2.02. The van der Waals surface area contributed by atoms with Gasteiger partial charge in [0.15, 0.2) is 5.69 Å². The highest BCUT2D eigenvalue weighted by Crippen LogP contribution is 2.24. The molecule has 5 nitrogen and oxygen atoms in total. The molecule has 2 aromatic rings. The highest BCUT2D eigenvalue weighted by molar-refractivity contribution is 6.31. The summed E-state index contributed by atoms with van der Waals surface area (Å²) in [5.74, 6) is -0.177. The average Bonchev–Trinajstić information content (AvgIpc) is 2.76. The summed E-state index contributed by atoms with van der Waals surface area (Å²) in [5, 5.41) is 10.1. The molecule has 0 saturated heterocycles. The lowest BCUT2D eigenvalue weighted by atomic mass is 10.1. The van der Waals surface area contributed by atoms with Gasteiger partial charge >= 0.3 is 0 Å². The van der Waals surface area contributed by atoms with Crippen molar-refractivity contribution in [3.63, 3.8) is 0 Å². The number of aromatic amines is 1. The maximum absolute atomic E-state index is 12.2. The summed E-state index contributed by atoms with van der Waals surface area (Å²) in [7, 11) is 0. The fraction of sp³-hybridized carbons (Fsp3) is 0.286. The average molecular weight is 293 g/mol. The molecule has 106 valence electrons. The van der Waals surface area contributed by atoms with Gasteiger partial charge in [-0.2, -0.15) is 5.10 Å². The van der Waals surface area contributed by atoms with Gasteiger partial charge in [-0.05, 0) is 30.5 Å². The number of aryl methyl sites for hydroxylation is 1. The molecule has 2 rings (SSSR count). The van der Waals surface area contributed by atoms with E-state index in [0.717, 1.165) is 11.3 Å². The van der Waals surface area contributed by atoms with Crippen LogP contribution >= 0.6 is 11.6 Å². The first-order valence-electron chi connectivity index (χ1n) is 6.31. The van der Waals surface area contributed by atoms with Crippen molar-refractivity contribution >= 4 is 28.9 Å². The third-order valence-electron chi connectivity index (χ3n) is 3.06. The van der Waals surface area contributed by atoms with Crippen LogP contribution in [0.2, 0.25) is 5.02 Å². The van der Waals surface area contributed by atoms with Crippen molar-refractivity contribution in [3.05, 3.63) is 40.2 Å². The lowest BCUT2D eigenvalue weighted by molar-refractivity contribution is 0.102. The number of carbonyl (C=O) groups is 1. The van der Waals surface area contributed by atoms with Crippen LogP contribution in [0.5, 0.6) is 0 Å². The van der Waals surface area contributed by atoms with Gasteiger partial charge in [-0.25, -0.2) is 0 Å². The van der Waals surface area contributed by atoms with E-state index in [9.17, 15) is 4.79 Å². The topological polar surface area (TPSA) is 83.8 Å². The first-order chi connectivity index (χ1) is 9.40. The third-order valence-corrected chi connectivity index (χ3v) is 3.46. The largest absolute Gasteiger partial charge is 0.395 e. The fourth-order valence-electron chi connectivity index (χ4n) is 1.84. The minimum Gasteiger partial charge on any atom is -0.395 e. The van der Waals surface area contributed by atoms with Gasteiger partial charge in [0.05, 0.1) is 11.4 Å². The summed E-state index contributed by atoms with van der Waals surface area (Å²) in [6, 6.07) is 5.32. The second kappa shape index (κ2) is 5.54. The Morgan fingerprint density at radius 3 is 2.70 bits per heavy atom. The number of nitrogens with two attached hydrogens (primary N) is 1. The number of carbonyl (C=O) groups excluding carboxylic acids is 1. The molecule has 0 radical (unpaired) electrons. The summed E-state index contributed by atoms with van der Waals surface area (Å²) in [6.45, 7) is 5.85. The van der Waals surface area contributed by atoms with Crippen molar-refractivity contribution in [2.24, 2.45) is 0 Å². The molecule has 0 unspecified atom stereocenters. The second-order valence-electron chi connectivity index (χ2n) is 4.97. The molecule has 20 heavy (non-hydrogen) atoms. The lowest BCUT2D eigenvalue weighted by Gasteiger charge is -2.06. The Balaban J connectivity index is 2.22. The quantitative estimate of drug-likeness (QED) is 0.811. The van der Waals surface area contributed by atoms with Gasteiger partial charge in [-0.1, -0.05) is 31.5 Å². The number of H-pyrrole nitrogens is 1. The minimum absolute atomic E-state index is 0.179. The van der Waals surface area contributed by atoms with E-state index in [2.05, 4.69) is 15.5 Å². The van der Waals surface area contributed by atoms with Gasteiger partial charge in [0.1, 0.15) is 0 Å². The predicted octanol–water partition coefficient (Wildman–Crippen LogP) is 3.33. The maximum atomic E-state index is 12.2. The molecule has 1 aromatic heterocycles. The summed E-state index contributed by atoms with van der Waals surface area (Å²) >= 11 is 6.02. The number of hydrogen-bond donors (Lipinski definition) is 3. The normalized spacial score (nSPS) is 10.8. The Bertz CT molecular complexity index is 649. The van der Waals surface area contributed by atoms with Crippen molar-refractivity contribution in [1.82, 2.24) is 10.2 Å². The van der Waals surface area contributed by atoms with Crippen molar-refractivity contribution in [2.75, 3.05) is 11.1 Å². The molecule has 1 amide bonds. The molecule has 1 aromatic carbocycles. The highest BCUT2D eigenvalue weighted by Gasteiger charge is 2.19. The van der Waals surface area contributed by atoms with Crippen LogP contribution in [0.4, 0.5) is 11.4 Å². The van der Waals surface area contributed by atoms with Crippen LogP contribution in [0.1, 0.15) is 41.5 Å².